The molecule has 2 aromatic heterocycles. The standard InChI is InChI=1S/C15H23N5O/c1-8-12(16)18-14(15(4,5)6)19-13(8)17-7-11-9(2)20-21-10(11)3/h7H2,1-6H3,(H3,16,17,18,19). The number of nitrogens with two attached hydrogens (primary N) is 1. The number of aromatic nitrogens is 3. The van der Waals surface area contributed by atoms with Gasteiger partial charge in [0, 0.05) is 23.1 Å². The Morgan fingerprint density at radius 1 is 1.14 bits per heavy atom. The van der Waals surface area contributed by atoms with Crippen molar-refractivity contribution in [2.45, 2.75) is 53.5 Å². The second-order valence-electron chi connectivity index (χ2n) is 6.31. The van der Waals surface area contributed by atoms with E-state index in [2.05, 4.69) is 41.2 Å². The van der Waals surface area contributed by atoms with E-state index < -0.39 is 0 Å². The van der Waals surface area contributed by atoms with E-state index in [1.807, 2.05) is 20.8 Å². The van der Waals surface area contributed by atoms with Crippen LogP contribution in [0.4, 0.5) is 11.6 Å². The Morgan fingerprint density at radius 2 is 1.81 bits per heavy atom. The molecule has 0 aliphatic carbocycles. The molecule has 0 saturated heterocycles. The van der Waals surface area contributed by atoms with Gasteiger partial charge in [-0.05, 0) is 20.8 Å². The molecule has 114 valence electrons. The van der Waals surface area contributed by atoms with Crippen LogP contribution in [0, 0.1) is 20.8 Å². The Balaban J connectivity index is 2.30. The number of nitrogen functional groups attached to an aromatic ring is 1. The lowest BCUT2D eigenvalue weighted by molar-refractivity contribution is 0.392. The molecule has 0 radical (unpaired) electrons. The maximum atomic E-state index is 6.00. The van der Waals surface area contributed by atoms with Crippen molar-refractivity contribution in [1.82, 2.24) is 15.1 Å². The molecule has 0 spiro atoms. The predicted octanol–water partition coefficient (Wildman–Crippen LogP) is 2.88. The lowest BCUT2D eigenvalue weighted by atomic mass is 9.95. The van der Waals surface area contributed by atoms with Crippen molar-refractivity contribution in [3.63, 3.8) is 0 Å². The molecule has 6 nitrogen and oxygen atoms in total. The first-order valence-electron chi connectivity index (χ1n) is 7.00. The molecular weight excluding hydrogens is 266 g/mol. The van der Waals surface area contributed by atoms with E-state index in [9.17, 15) is 0 Å². The van der Waals surface area contributed by atoms with Gasteiger partial charge in [-0.3, -0.25) is 0 Å². The van der Waals surface area contributed by atoms with E-state index in [0.29, 0.717) is 12.4 Å². The summed E-state index contributed by atoms with van der Waals surface area (Å²) in [6, 6.07) is 0. The number of nitrogens with zero attached hydrogens (tertiary/aromatic N) is 3. The summed E-state index contributed by atoms with van der Waals surface area (Å²) in [5.74, 6) is 2.81. The molecule has 2 heterocycles. The Morgan fingerprint density at radius 3 is 2.33 bits per heavy atom. The number of hydrogen-bond acceptors (Lipinski definition) is 6. The first kappa shape index (κ1) is 15.3. The minimum absolute atomic E-state index is 0.152. The molecule has 0 bridgehead atoms. The zero-order valence-electron chi connectivity index (χ0n) is 13.5. The molecule has 6 heteroatoms. The fourth-order valence-corrected chi connectivity index (χ4v) is 1.97. The van der Waals surface area contributed by atoms with Gasteiger partial charge in [-0.2, -0.15) is 0 Å². The van der Waals surface area contributed by atoms with Crippen molar-refractivity contribution in [2.24, 2.45) is 0 Å². The zero-order valence-corrected chi connectivity index (χ0v) is 13.5. The van der Waals surface area contributed by atoms with Gasteiger partial charge in [-0.1, -0.05) is 25.9 Å². The third kappa shape index (κ3) is 3.15. The van der Waals surface area contributed by atoms with Crippen LogP contribution in [0.15, 0.2) is 4.52 Å². The lowest BCUT2D eigenvalue weighted by Crippen LogP contribution is -2.19. The molecule has 0 aliphatic rings. The summed E-state index contributed by atoms with van der Waals surface area (Å²) in [5, 5.41) is 7.27. The van der Waals surface area contributed by atoms with Gasteiger partial charge >= 0.3 is 0 Å². The SMILES string of the molecule is Cc1noc(C)c1CNc1nc(C(C)(C)C)nc(N)c1C. The van der Waals surface area contributed by atoms with E-state index in [1.165, 1.54) is 0 Å². The lowest BCUT2D eigenvalue weighted by Gasteiger charge is -2.19. The summed E-state index contributed by atoms with van der Waals surface area (Å²) >= 11 is 0. The van der Waals surface area contributed by atoms with Crippen LogP contribution in [0.2, 0.25) is 0 Å². The molecule has 0 saturated carbocycles. The van der Waals surface area contributed by atoms with Crippen LogP contribution in [0.5, 0.6) is 0 Å². The third-order valence-corrected chi connectivity index (χ3v) is 3.47. The van der Waals surface area contributed by atoms with Gasteiger partial charge in [0.1, 0.15) is 23.2 Å². The second kappa shape index (κ2) is 5.35. The smallest absolute Gasteiger partial charge is 0.138 e. The zero-order chi connectivity index (χ0) is 15.8. The van der Waals surface area contributed by atoms with Crippen LogP contribution in [-0.2, 0) is 12.0 Å². The van der Waals surface area contributed by atoms with Gasteiger partial charge in [0.25, 0.3) is 0 Å². The molecule has 0 unspecified atom stereocenters. The van der Waals surface area contributed by atoms with Crippen molar-refractivity contribution >= 4 is 11.6 Å². The monoisotopic (exact) mass is 289 g/mol. The van der Waals surface area contributed by atoms with Crippen LogP contribution in [0.25, 0.3) is 0 Å². The summed E-state index contributed by atoms with van der Waals surface area (Å²) in [4.78, 5) is 8.99. The summed E-state index contributed by atoms with van der Waals surface area (Å²) in [6.07, 6.45) is 0. The van der Waals surface area contributed by atoms with Gasteiger partial charge < -0.3 is 15.6 Å². The van der Waals surface area contributed by atoms with Crippen molar-refractivity contribution in [2.75, 3.05) is 11.1 Å². The average molecular weight is 289 g/mol. The van der Waals surface area contributed by atoms with Crippen LogP contribution in [0.1, 0.15) is 49.2 Å². The quantitative estimate of drug-likeness (QED) is 0.903. The molecule has 0 aromatic carbocycles. The number of anilines is 2. The van der Waals surface area contributed by atoms with E-state index >= 15 is 0 Å². The van der Waals surface area contributed by atoms with E-state index in [-0.39, 0.29) is 5.41 Å². The number of rotatable bonds is 3. The Labute approximate surface area is 125 Å². The Hall–Kier alpha value is -2.11. The molecule has 0 fully saturated rings. The molecule has 0 atom stereocenters. The second-order valence-corrected chi connectivity index (χ2v) is 6.31. The Bertz CT molecular complexity index is 635. The molecule has 2 aromatic rings. The van der Waals surface area contributed by atoms with Gasteiger partial charge in [0.05, 0.1) is 5.69 Å². The van der Waals surface area contributed by atoms with E-state index in [1.54, 1.807) is 0 Å². The first-order valence-corrected chi connectivity index (χ1v) is 7.00. The first-order chi connectivity index (χ1) is 9.70. The summed E-state index contributed by atoms with van der Waals surface area (Å²) < 4.78 is 5.17. The van der Waals surface area contributed by atoms with Gasteiger partial charge in [-0.15, -0.1) is 0 Å². The van der Waals surface area contributed by atoms with E-state index in [0.717, 1.165) is 34.2 Å². The molecule has 0 aliphatic heterocycles. The maximum Gasteiger partial charge on any atom is 0.138 e. The van der Waals surface area contributed by atoms with Crippen molar-refractivity contribution in [3.05, 3.63) is 28.4 Å². The van der Waals surface area contributed by atoms with Gasteiger partial charge in [0.2, 0.25) is 0 Å². The molecule has 2 rings (SSSR count). The third-order valence-electron chi connectivity index (χ3n) is 3.47. The molecule has 21 heavy (non-hydrogen) atoms. The van der Waals surface area contributed by atoms with Gasteiger partial charge in [-0.25, -0.2) is 9.97 Å². The number of nitrogens with one attached hydrogen (secondary N) is 1. The summed E-state index contributed by atoms with van der Waals surface area (Å²) in [5.41, 5.74) is 8.64. The normalized spacial score (nSPS) is 11.7. The average Bonchev–Trinajstić information content (AvgIpc) is 2.70. The van der Waals surface area contributed by atoms with Crippen LogP contribution in [0.3, 0.4) is 0 Å². The van der Waals surface area contributed by atoms with Crippen LogP contribution in [-0.4, -0.2) is 15.1 Å². The topological polar surface area (TPSA) is 89.9 Å². The van der Waals surface area contributed by atoms with Crippen molar-refractivity contribution in [3.8, 4) is 0 Å². The molecule has 0 amide bonds. The Kier molecular flexibility index (Phi) is 3.89. The van der Waals surface area contributed by atoms with Crippen molar-refractivity contribution < 1.29 is 4.52 Å². The van der Waals surface area contributed by atoms with E-state index in [4.69, 9.17) is 10.3 Å². The minimum Gasteiger partial charge on any atom is -0.383 e. The minimum atomic E-state index is -0.152. The maximum absolute atomic E-state index is 6.00. The van der Waals surface area contributed by atoms with Crippen LogP contribution >= 0.6 is 0 Å². The summed E-state index contributed by atoms with van der Waals surface area (Å²) in [6.45, 7) is 12.5. The van der Waals surface area contributed by atoms with Crippen LogP contribution < -0.4 is 11.1 Å². The highest BCUT2D eigenvalue weighted by Gasteiger charge is 2.20. The highest BCUT2D eigenvalue weighted by Crippen LogP contribution is 2.25. The fraction of sp³-hybridized carbons (Fsp3) is 0.533. The van der Waals surface area contributed by atoms with Gasteiger partial charge in [0.15, 0.2) is 0 Å². The number of hydrogen-bond donors (Lipinski definition) is 2. The van der Waals surface area contributed by atoms with Crippen molar-refractivity contribution in [1.29, 1.82) is 0 Å². The number of aryl methyl sites for hydroxylation is 2. The molecular formula is C15H23N5O. The largest absolute Gasteiger partial charge is 0.383 e. The predicted molar refractivity (Wildman–Crippen MR) is 83.2 cm³/mol. The molecule has 3 N–H and O–H groups in total. The summed E-state index contributed by atoms with van der Waals surface area (Å²) in [7, 11) is 0. The fourth-order valence-electron chi connectivity index (χ4n) is 1.97. The highest BCUT2D eigenvalue weighted by atomic mass is 16.5. The highest BCUT2D eigenvalue weighted by molar-refractivity contribution is 5.55.